The summed E-state index contributed by atoms with van der Waals surface area (Å²) in [6, 6.07) is 0.403. The summed E-state index contributed by atoms with van der Waals surface area (Å²) in [6.07, 6.45) is 3.65. The van der Waals surface area contributed by atoms with Gasteiger partial charge in [0.1, 0.15) is 5.54 Å². The molecule has 1 rings (SSSR count). The molecule has 1 aliphatic carbocycles. The Morgan fingerprint density at radius 3 is 2.37 bits per heavy atom. The fourth-order valence-electron chi connectivity index (χ4n) is 3.68. The smallest absolute Gasteiger partial charge is 0.323 e. The van der Waals surface area contributed by atoms with Gasteiger partial charge in [-0.05, 0) is 51.0 Å². The first-order valence-electron chi connectivity index (χ1n) is 7.71. The Morgan fingerprint density at radius 2 is 1.95 bits per heavy atom. The second kappa shape index (κ2) is 6.25. The first kappa shape index (κ1) is 16.5. The van der Waals surface area contributed by atoms with E-state index in [0.29, 0.717) is 23.8 Å². The molecule has 0 aliphatic heterocycles. The van der Waals surface area contributed by atoms with Crippen LogP contribution in [0.2, 0.25) is 0 Å². The van der Waals surface area contributed by atoms with E-state index in [2.05, 4.69) is 32.6 Å². The summed E-state index contributed by atoms with van der Waals surface area (Å²) in [5, 5.41) is 9.52. The first-order chi connectivity index (χ1) is 8.71. The standard InChI is InChI=1S/C16H31NO2/c1-7-17(16(5,6)15(18)19)14-10-12(4)8-9-13(14)11(2)3/h11-14H,7-10H2,1-6H3,(H,18,19). The highest BCUT2D eigenvalue weighted by Gasteiger charge is 2.43. The lowest BCUT2D eigenvalue weighted by Gasteiger charge is -2.48. The number of nitrogens with zero attached hydrogens (tertiary/aromatic N) is 1. The predicted octanol–water partition coefficient (Wildman–Crippen LogP) is 3.63. The highest BCUT2D eigenvalue weighted by molar-refractivity contribution is 5.77. The van der Waals surface area contributed by atoms with Gasteiger partial charge in [-0.1, -0.05) is 34.1 Å². The highest BCUT2D eigenvalue weighted by atomic mass is 16.4. The molecule has 0 aromatic rings. The fraction of sp³-hybridized carbons (Fsp3) is 0.938. The molecule has 0 saturated heterocycles. The number of hydrogen-bond donors (Lipinski definition) is 1. The number of aliphatic carboxylic acids is 1. The van der Waals surface area contributed by atoms with Crippen molar-refractivity contribution >= 4 is 5.97 Å². The van der Waals surface area contributed by atoms with Gasteiger partial charge in [0, 0.05) is 6.04 Å². The van der Waals surface area contributed by atoms with Crippen LogP contribution >= 0.6 is 0 Å². The van der Waals surface area contributed by atoms with Gasteiger partial charge in [-0.3, -0.25) is 9.69 Å². The zero-order chi connectivity index (χ0) is 14.8. The van der Waals surface area contributed by atoms with Crippen molar-refractivity contribution < 1.29 is 9.90 Å². The van der Waals surface area contributed by atoms with E-state index in [1.807, 2.05) is 13.8 Å². The Hall–Kier alpha value is -0.570. The minimum absolute atomic E-state index is 0.403. The molecule has 19 heavy (non-hydrogen) atoms. The van der Waals surface area contributed by atoms with Gasteiger partial charge in [-0.15, -0.1) is 0 Å². The maximum absolute atomic E-state index is 11.6. The summed E-state index contributed by atoms with van der Waals surface area (Å²) in [5.41, 5.74) is -0.774. The van der Waals surface area contributed by atoms with Gasteiger partial charge in [-0.25, -0.2) is 0 Å². The summed E-state index contributed by atoms with van der Waals surface area (Å²) in [4.78, 5) is 13.8. The molecule has 1 aliphatic rings. The fourth-order valence-corrected chi connectivity index (χ4v) is 3.68. The largest absolute Gasteiger partial charge is 0.480 e. The molecule has 3 unspecified atom stereocenters. The maximum atomic E-state index is 11.6. The lowest BCUT2D eigenvalue weighted by atomic mass is 9.72. The Kier molecular flexibility index (Phi) is 5.43. The number of hydrogen-bond acceptors (Lipinski definition) is 2. The Bertz CT molecular complexity index is 312. The van der Waals surface area contributed by atoms with Crippen LogP contribution in [-0.2, 0) is 4.79 Å². The van der Waals surface area contributed by atoms with Crippen molar-refractivity contribution in [3.8, 4) is 0 Å². The molecular weight excluding hydrogens is 238 g/mol. The first-order valence-corrected chi connectivity index (χ1v) is 7.71. The zero-order valence-electron chi connectivity index (χ0n) is 13.4. The average molecular weight is 269 g/mol. The molecule has 112 valence electrons. The lowest BCUT2D eigenvalue weighted by molar-refractivity contribution is -0.153. The van der Waals surface area contributed by atoms with Crippen molar-refractivity contribution in [2.24, 2.45) is 17.8 Å². The van der Waals surface area contributed by atoms with E-state index >= 15 is 0 Å². The number of rotatable bonds is 5. The number of carboxylic acids is 1. The van der Waals surface area contributed by atoms with Gasteiger partial charge in [0.2, 0.25) is 0 Å². The van der Waals surface area contributed by atoms with Crippen LogP contribution in [0.4, 0.5) is 0 Å². The molecule has 0 aromatic heterocycles. The van der Waals surface area contributed by atoms with E-state index in [4.69, 9.17) is 0 Å². The Balaban J connectivity index is 3.01. The van der Waals surface area contributed by atoms with Crippen LogP contribution in [0.5, 0.6) is 0 Å². The molecule has 3 heteroatoms. The van der Waals surface area contributed by atoms with Crippen LogP contribution in [0.3, 0.4) is 0 Å². The van der Waals surface area contributed by atoms with E-state index in [1.165, 1.54) is 12.8 Å². The third-order valence-corrected chi connectivity index (χ3v) is 4.97. The van der Waals surface area contributed by atoms with Crippen molar-refractivity contribution in [3.63, 3.8) is 0 Å². The minimum Gasteiger partial charge on any atom is -0.480 e. The van der Waals surface area contributed by atoms with Crippen molar-refractivity contribution in [3.05, 3.63) is 0 Å². The van der Waals surface area contributed by atoms with Crippen molar-refractivity contribution in [1.29, 1.82) is 0 Å². The molecule has 3 atom stereocenters. The van der Waals surface area contributed by atoms with Gasteiger partial charge in [-0.2, -0.15) is 0 Å². The van der Waals surface area contributed by atoms with Crippen LogP contribution in [0, 0.1) is 17.8 Å². The molecule has 0 amide bonds. The quantitative estimate of drug-likeness (QED) is 0.828. The minimum atomic E-state index is -0.774. The van der Waals surface area contributed by atoms with E-state index in [9.17, 15) is 9.90 Å². The summed E-state index contributed by atoms with van der Waals surface area (Å²) in [6.45, 7) is 13.4. The van der Waals surface area contributed by atoms with Gasteiger partial charge in [0.05, 0.1) is 0 Å². The predicted molar refractivity (Wildman–Crippen MR) is 79.2 cm³/mol. The van der Waals surface area contributed by atoms with Crippen molar-refractivity contribution in [2.45, 2.75) is 72.4 Å². The highest BCUT2D eigenvalue weighted by Crippen LogP contribution is 2.38. The van der Waals surface area contributed by atoms with Gasteiger partial charge in [0.15, 0.2) is 0 Å². The van der Waals surface area contributed by atoms with E-state index < -0.39 is 11.5 Å². The number of carbonyl (C=O) groups is 1. The van der Waals surface area contributed by atoms with Gasteiger partial charge >= 0.3 is 5.97 Å². The van der Waals surface area contributed by atoms with Gasteiger partial charge in [0.25, 0.3) is 0 Å². The monoisotopic (exact) mass is 269 g/mol. The van der Waals surface area contributed by atoms with Crippen LogP contribution < -0.4 is 0 Å². The second-order valence-corrected chi connectivity index (χ2v) is 7.04. The van der Waals surface area contributed by atoms with E-state index in [-0.39, 0.29) is 0 Å². The third kappa shape index (κ3) is 3.50. The Labute approximate surface area is 118 Å². The van der Waals surface area contributed by atoms with Crippen LogP contribution in [0.15, 0.2) is 0 Å². The molecular formula is C16H31NO2. The molecule has 1 fully saturated rings. The summed E-state index contributed by atoms with van der Waals surface area (Å²) in [5.74, 6) is 1.24. The van der Waals surface area contributed by atoms with Gasteiger partial charge < -0.3 is 5.11 Å². The molecule has 0 aromatic carbocycles. The molecule has 0 heterocycles. The third-order valence-electron chi connectivity index (χ3n) is 4.97. The molecule has 0 radical (unpaired) electrons. The van der Waals surface area contributed by atoms with Crippen LogP contribution in [-0.4, -0.2) is 34.1 Å². The van der Waals surface area contributed by atoms with Crippen LogP contribution in [0.25, 0.3) is 0 Å². The van der Waals surface area contributed by atoms with Crippen LogP contribution in [0.1, 0.15) is 60.8 Å². The zero-order valence-corrected chi connectivity index (χ0v) is 13.4. The van der Waals surface area contributed by atoms with E-state index in [0.717, 1.165) is 13.0 Å². The van der Waals surface area contributed by atoms with Crippen molar-refractivity contribution in [2.75, 3.05) is 6.54 Å². The second-order valence-electron chi connectivity index (χ2n) is 7.04. The topological polar surface area (TPSA) is 40.5 Å². The Morgan fingerprint density at radius 1 is 1.37 bits per heavy atom. The molecule has 1 N–H and O–H groups in total. The normalized spacial score (nSPS) is 28.9. The lowest BCUT2D eigenvalue weighted by Crippen LogP contribution is -2.58. The molecule has 0 spiro atoms. The molecule has 0 bridgehead atoms. The SMILES string of the molecule is CCN(C1CC(C)CCC1C(C)C)C(C)(C)C(=O)O. The maximum Gasteiger partial charge on any atom is 0.323 e. The van der Waals surface area contributed by atoms with Crippen molar-refractivity contribution in [1.82, 2.24) is 4.90 Å². The average Bonchev–Trinajstić information content (AvgIpc) is 2.28. The number of carboxylic acid groups (broad SMARTS) is 1. The molecule has 1 saturated carbocycles. The summed E-state index contributed by atoms with van der Waals surface area (Å²) < 4.78 is 0. The summed E-state index contributed by atoms with van der Waals surface area (Å²) >= 11 is 0. The molecule has 3 nitrogen and oxygen atoms in total. The summed E-state index contributed by atoms with van der Waals surface area (Å²) in [7, 11) is 0. The van der Waals surface area contributed by atoms with E-state index in [1.54, 1.807) is 0 Å². The number of likely N-dealkylation sites (N-methyl/N-ethyl adjacent to an activating group) is 1.